The van der Waals surface area contributed by atoms with Gasteiger partial charge in [0.2, 0.25) is 11.8 Å². The minimum absolute atomic E-state index is 0.186. The van der Waals surface area contributed by atoms with Crippen LogP contribution < -0.4 is 26.2 Å². The van der Waals surface area contributed by atoms with E-state index in [4.69, 9.17) is 4.74 Å². The molecule has 0 radical (unpaired) electrons. The molecule has 3 aliphatic heterocycles. The Morgan fingerprint density at radius 1 is 0.951 bits per heavy atom. The van der Waals surface area contributed by atoms with Crippen LogP contribution in [0.15, 0.2) is 96.1 Å². The lowest BCUT2D eigenvalue weighted by Gasteiger charge is -2.45. The second kappa shape index (κ2) is 18.7. The molecule has 3 atom stereocenters. The summed E-state index contributed by atoms with van der Waals surface area (Å²) in [4.78, 5) is 62.6. The second-order valence-corrected chi connectivity index (χ2v) is 15.5. The number of carbonyl (C=O) groups excluding carboxylic acids is 3. The molecule has 8 rings (SSSR count). The zero-order valence-corrected chi connectivity index (χ0v) is 33.4. The first kappa shape index (κ1) is 41.1. The number of anilines is 1. The number of ether oxygens (including phenoxy) is 1. The van der Waals surface area contributed by atoms with Crippen LogP contribution in [-0.4, -0.2) is 99.2 Å². The van der Waals surface area contributed by atoms with E-state index >= 15 is 4.39 Å². The van der Waals surface area contributed by atoms with Gasteiger partial charge in [0, 0.05) is 62.4 Å². The number of piperidine rings is 2. The number of nitriles is 1. The Morgan fingerprint density at radius 2 is 1.75 bits per heavy atom. The van der Waals surface area contributed by atoms with E-state index in [1.54, 1.807) is 42.7 Å². The summed E-state index contributed by atoms with van der Waals surface area (Å²) >= 11 is 0. The van der Waals surface area contributed by atoms with Crippen molar-refractivity contribution in [2.24, 2.45) is 5.92 Å². The Morgan fingerprint density at radius 3 is 2.52 bits per heavy atom. The summed E-state index contributed by atoms with van der Waals surface area (Å²) in [7, 11) is 0. The summed E-state index contributed by atoms with van der Waals surface area (Å²) < 4.78 is 22.9. The maximum Gasteiger partial charge on any atom is 0.267 e. The van der Waals surface area contributed by atoms with Gasteiger partial charge in [0.15, 0.2) is 17.9 Å². The van der Waals surface area contributed by atoms with Crippen LogP contribution in [0.2, 0.25) is 0 Å². The maximum atomic E-state index is 15.4. The highest BCUT2D eigenvalue weighted by Gasteiger charge is 2.36. The van der Waals surface area contributed by atoms with Crippen molar-refractivity contribution in [3.05, 3.63) is 124 Å². The van der Waals surface area contributed by atoms with Crippen molar-refractivity contribution in [2.75, 3.05) is 44.6 Å². The van der Waals surface area contributed by atoms with E-state index in [-0.39, 0.29) is 42.1 Å². The number of imide groups is 1. The smallest absolute Gasteiger partial charge is 0.267 e. The Kier molecular flexibility index (Phi) is 12.6. The molecular weight excluding hydrogens is 780 g/mol. The van der Waals surface area contributed by atoms with E-state index in [1.165, 1.54) is 16.8 Å². The molecule has 3 aliphatic rings. The van der Waals surface area contributed by atoms with Gasteiger partial charge in [-0.05, 0) is 72.7 Å². The molecule has 2 aromatic heterocycles. The number of hydrogen-bond acceptors (Lipinski definition) is 13. The lowest BCUT2D eigenvalue weighted by Crippen LogP contribution is -2.58. The predicted octanol–water partition coefficient (Wildman–Crippen LogP) is 3.91. The average Bonchev–Trinajstić information content (AvgIpc) is 3.29. The van der Waals surface area contributed by atoms with Gasteiger partial charge in [-0.15, -0.1) is 0 Å². The van der Waals surface area contributed by atoms with Crippen LogP contribution in [0.25, 0.3) is 22.6 Å². The molecule has 16 heteroatoms. The third kappa shape index (κ3) is 9.70. The number of carbonyl (C=O) groups is 3. The first-order chi connectivity index (χ1) is 29.7. The van der Waals surface area contributed by atoms with Crippen molar-refractivity contribution in [2.45, 2.75) is 50.5 Å². The van der Waals surface area contributed by atoms with Gasteiger partial charge < -0.3 is 20.2 Å². The molecule has 0 spiro atoms. The molecule has 0 bridgehead atoms. The summed E-state index contributed by atoms with van der Waals surface area (Å²) in [6.07, 6.45) is 5.95. The highest BCUT2D eigenvalue weighted by Crippen LogP contribution is 2.31. The predicted molar refractivity (Wildman–Crippen MR) is 223 cm³/mol. The molecule has 3 fully saturated rings. The highest BCUT2D eigenvalue weighted by atomic mass is 19.1. The van der Waals surface area contributed by atoms with Crippen LogP contribution in [0.5, 0.6) is 5.75 Å². The number of piperazine rings is 1. The molecule has 61 heavy (non-hydrogen) atoms. The summed E-state index contributed by atoms with van der Waals surface area (Å²) in [6.45, 7) is 3.98. The zero-order valence-electron chi connectivity index (χ0n) is 33.4. The standard InChI is InChI=1S/C45H45FN10O5/c46-36-21-33(7-8-38(36)51-39-9-11-41(58)52-45(39)60)40-25-48-15-18-55(40)42(27-57)54-16-13-29(14-17-54)28-61-35-23-49-44(50-24-35)34-6-2-4-31(20-34)26-56-43(59)12-10-37(53-56)32-5-1-3-30(19-32)22-47/h1-8,10,12,19-21,23-24,27,29,39-40,42,48,51H,9,11,13-18,25-26,28H2,(H,52,58,60). The van der Waals surface area contributed by atoms with Crippen molar-refractivity contribution in [3.8, 4) is 34.5 Å². The van der Waals surface area contributed by atoms with E-state index in [0.29, 0.717) is 68.6 Å². The fraction of sp³-hybridized carbons (Fsp3) is 0.333. The van der Waals surface area contributed by atoms with Gasteiger partial charge in [-0.3, -0.25) is 29.5 Å². The molecule has 3 unspecified atom stereocenters. The van der Waals surface area contributed by atoms with Gasteiger partial charge >= 0.3 is 0 Å². The first-order valence-electron chi connectivity index (χ1n) is 20.4. The van der Waals surface area contributed by atoms with Gasteiger partial charge in [-0.1, -0.05) is 36.4 Å². The van der Waals surface area contributed by atoms with Crippen LogP contribution in [0.1, 0.15) is 48.4 Å². The number of rotatable bonds is 13. The van der Waals surface area contributed by atoms with Crippen molar-refractivity contribution in [3.63, 3.8) is 0 Å². The molecule has 3 saturated heterocycles. The molecule has 5 heterocycles. The Balaban J connectivity index is 0.841. The Hall–Kier alpha value is -6.67. The number of aromatic nitrogens is 4. The molecule has 0 aliphatic carbocycles. The molecule has 3 N–H and O–H groups in total. The normalized spacial score (nSPS) is 19.4. The summed E-state index contributed by atoms with van der Waals surface area (Å²) in [6, 6.07) is 23.9. The quantitative estimate of drug-likeness (QED) is 0.115. The second-order valence-electron chi connectivity index (χ2n) is 15.5. The number of nitrogens with one attached hydrogen (secondary N) is 3. The van der Waals surface area contributed by atoms with Crippen LogP contribution in [0, 0.1) is 23.1 Å². The summed E-state index contributed by atoms with van der Waals surface area (Å²) in [5.41, 5.74) is 4.15. The van der Waals surface area contributed by atoms with Crippen LogP contribution in [0.3, 0.4) is 0 Å². The number of nitrogens with zero attached hydrogens (tertiary/aromatic N) is 7. The number of halogens is 1. The van der Waals surface area contributed by atoms with Crippen LogP contribution >= 0.6 is 0 Å². The fourth-order valence-corrected chi connectivity index (χ4v) is 8.18. The Bertz CT molecular complexity index is 2500. The van der Waals surface area contributed by atoms with Gasteiger partial charge in [-0.25, -0.2) is 19.0 Å². The zero-order chi connectivity index (χ0) is 42.3. The maximum absolute atomic E-state index is 15.4. The topological polar surface area (TPSA) is 187 Å². The Labute approximate surface area is 351 Å². The number of hydrogen-bond donors (Lipinski definition) is 3. The summed E-state index contributed by atoms with van der Waals surface area (Å²) in [5, 5.41) is 22.4. The monoisotopic (exact) mass is 824 g/mol. The third-order valence-corrected chi connectivity index (χ3v) is 11.5. The van der Waals surface area contributed by atoms with Crippen molar-refractivity contribution in [1.29, 1.82) is 5.26 Å². The molecule has 5 aromatic rings. The molecule has 2 amide bonds. The largest absolute Gasteiger partial charge is 0.490 e. The van der Waals surface area contributed by atoms with E-state index in [0.717, 1.165) is 41.4 Å². The number of likely N-dealkylation sites (tertiary alicyclic amines) is 1. The third-order valence-electron chi connectivity index (χ3n) is 11.5. The lowest BCUT2D eigenvalue weighted by molar-refractivity contribution is -0.133. The van der Waals surface area contributed by atoms with Gasteiger partial charge in [0.05, 0.1) is 48.6 Å². The molecular formula is C45H45FN10O5. The van der Waals surface area contributed by atoms with Gasteiger partial charge in [0.25, 0.3) is 5.56 Å². The highest BCUT2D eigenvalue weighted by molar-refractivity contribution is 6.01. The van der Waals surface area contributed by atoms with Crippen molar-refractivity contribution >= 4 is 23.8 Å². The minimum atomic E-state index is -0.694. The number of benzene rings is 3. The lowest BCUT2D eigenvalue weighted by atomic mass is 9.96. The van der Waals surface area contributed by atoms with Crippen molar-refractivity contribution < 1.29 is 23.5 Å². The van der Waals surface area contributed by atoms with Gasteiger partial charge in [0.1, 0.15) is 18.0 Å². The van der Waals surface area contributed by atoms with Crippen molar-refractivity contribution in [1.82, 2.24) is 40.2 Å². The van der Waals surface area contributed by atoms with Crippen LogP contribution in [0.4, 0.5) is 10.1 Å². The van der Waals surface area contributed by atoms with Gasteiger partial charge in [-0.2, -0.15) is 10.4 Å². The molecule has 15 nitrogen and oxygen atoms in total. The van der Waals surface area contributed by atoms with E-state index in [9.17, 15) is 24.4 Å². The minimum Gasteiger partial charge on any atom is -0.490 e. The van der Waals surface area contributed by atoms with E-state index in [1.807, 2.05) is 36.4 Å². The van der Waals surface area contributed by atoms with E-state index in [2.05, 4.69) is 46.9 Å². The molecule has 0 saturated carbocycles. The van der Waals surface area contributed by atoms with Crippen LogP contribution in [-0.2, 0) is 20.9 Å². The number of amides is 2. The molecule has 312 valence electrons. The first-order valence-corrected chi connectivity index (χ1v) is 20.4. The fourth-order valence-electron chi connectivity index (χ4n) is 8.18. The van der Waals surface area contributed by atoms with E-state index < -0.39 is 23.9 Å². The number of aldehydes is 1. The summed E-state index contributed by atoms with van der Waals surface area (Å²) in [5.74, 6) is 0.0281. The SMILES string of the molecule is N#Cc1cccc(-c2ccc(=O)n(Cc3cccc(-c4ncc(OCC5CCN(C(C=O)N6CCNCC6c6ccc(NC7CCC(=O)NC7=O)c(F)c6)CC5)cn4)c3)n2)c1. The average molecular weight is 825 g/mol. The molecule has 3 aromatic carbocycles.